The summed E-state index contributed by atoms with van der Waals surface area (Å²) in [4.78, 5) is 34.9. The van der Waals surface area contributed by atoms with E-state index in [1.807, 2.05) is 0 Å². The second-order valence-corrected chi connectivity index (χ2v) is 5.26. The SMILES string of the molecule is CC(NC(=O)/C=C/c1ccco1)C(=O)NC(CCCCN)C(=O)O. The van der Waals surface area contributed by atoms with E-state index in [9.17, 15) is 14.4 Å². The van der Waals surface area contributed by atoms with E-state index in [1.165, 1.54) is 25.3 Å². The van der Waals surface area contributed by atoms with Crippen LogP contribution in [0.1, 0.15) is 31.9 Å². The average Bonchev–Trinajstić information content (AvgIpc) is 3.05. The van der Waals surface area contributed by atoms with Crippen LogP contribution in [0, 0.1) is 0 Å². The molecule has 2 atom stereocenters. The number of unbranched alkanes of at least 4 members (excludes halogenated alkanes) is 1. The van der Waals surface area contributed by atoms with E-state index >= 15 is 0 Å². The number of carboxylic acids is 1. The van der Waals surface area contributed by atoms with Crippen molar-refractivity contribution in [3.8, 4) is 0 Å². The molecule has 0 aliphatic carbocycles. The summed E-state index contributed by atoms with van der Waals surface area (Å²) in [5, 5.41) is 14.0. The van der Waals surface area contributed by atoms with Gasteiger partial charge in [-0.3, -0.25) is 9.59 Å². The molecule has 0 fully saturated rings. The first-order valence-corrected chi connectivity index (χ1v) is 7.69. The van der Waals surface area contributed by atoms with Gasteiger partial charge in [0.2, 0.25) is 11.8 Å². The van der Waals surface area contributed by atoms with Crippen LogP contribution in [0.2, 0.25) is 0 Å². The summed E-state index contributed by atoms with van der Waals surface area (Å²) < 4.78 is 5.04. The number of carbonyl (C=O) groups is 3. The highest BCUT2D eigenvalue weighted by molar-refractivity contribution is 5.95. The number of nitrogens with two attached hydrogens (primary N) is 1. The lowest BCUT2D eigenvalue weighted by Crippen LogP contribution is -2.50. The zero-order valence-electron chi connectivity index (χ0n) is 13.5. The van der Waals surface area contributed by atoms with Gasteiger partial charge in [0.15, 0.2) is 0 Å². The third kappa shape index (κ3) is 7.10. The van der Waals surface area contributed by atoms with Crippen molar-refractivity contribution in [2.75, 3.05) is 6.54 Å². The predicted molar refractivity (Wildman–Crippen MR) is 87.8 cm³/mol. The van der Waals surface area contributed by atoms with Gasteiger partial charge in [-0.05, 0) is 50.9 Å². The summed E-state index contributed by atoms with van der Waals surface area (Å²) in [5.41, 5.74) is 5.36. The number of rotatable bonds is 10. The Morgan fingerprint density at radius 1 is 1.33 bits per heavy atom. The first kappa shape index (κ1) is 19.4. The van der Waals surface area contributed by atoms with E-state index in [0.29, 0.717) is 25.1 Å². The molecule has 24 heavy (non-hydrogen) atoms. The van der Waals surface area contributed by atoms with E-state index in [1.54, 1.807) is 12.1 Å². The molecule has 0 aliphatic rings. The van der Waals surface area contributed by atoms with Crippen LogP contribution in [-0.2, 0) is 14.4 Å². The number of hydrogen-bond donors (Lipinski definition) is 4. The maximum absolute atomic E-state index is 12.0. The Balaban J connectivity index is 2.47. The molecule has 1 aromatic rings. The van der Waals surface area contributed by atoms with Crippen molar-refractivity contribution in [2.24, 2.45) is 5.73 Å². The second kappa shape index (κ2) is 10.2. The minimum absolute atomic E-state index is 0.289. The van der Waals surface area contributed by atoms with Crippen molar-refractivity contribution in [1.29, 1.82) is 0 Å². The lowest BCUT2D eigenvalue weighted by molar-refractivity contribution is -0.142. The molecule has 1 aromatic heterocycles. The van der Waals surface area contributed by atoms with Crippen molar-refractivity contribution in [1.82, 2.24) is 10.6 Å². The standard InChI is InChI=1S/C16H23N3O5/c1-11(18-14(20)8-7-12-5-4-10-24-12)15(21)19-13(16(22)23)6-2-3-9-17/h4-5,7-8,10-11,13H,2-3,6,9,17H2,1H3,(H,18,20)(H,19,21)(H,22,23)/b8-7+. The molecule has 8 heteroatoms. The van der Waals surface area contributed by atoms with E-state index < -0.39 is 29.9 Å². The van der Waals surface area contributed by atoms with Gasteiger partial charge in [-0.1, -0.05) is 0 Å². The lowest BCUT2D eigenvalue weighted by Gasteiger charge is -2.18. The van der Waals surface area contributed by atoms with Gasteiger partial charge in [0.05, 0.1) is 6.26 Å². The average molecular weight is 337 g/mol. The smallest absolute Gasteiger partial charge is 0.326 e. The maximum Gasteiger partial charge on any atom is 0.326 e. The van der Waals surface area contributed by atoms with Gasteiger partial charge in [0.25, 0.3) is 0 Å². The van der Waals surface area contributed by atoms with E-state index in [-0.39, 0.29) is 6.42 Å². The van der Waals surface area contributed by atoms with Crippen LogP contribution >= 0.6 is 0 Å². The molecular formula is C16H23N3O5. The predicted octanol–water partition coefficient (Wildman–Crippen LogP) is 0.496. The number of aliphatic carboxylic acids is 1. The number of nitrogens with one attached hydrogen (secondary N) is 2. The maximum atomic E-state index is 12.0. The van der Waals surface area contributed by atoms with E-state index in [0.717, 1.165) is 0 Å². The molecule has 2 unspecified atom stereocenters. The number of amides is 2. The van der Waals surface area contributed by atoms with Crippen LogP contribution < -0.4 is 16.4 Å². The Morgan fingerprint density at radius 2 is 2.08 bits per heavy atom. The number of carboxylic acid groups (broad SMARTS) is 1. The Kier molecular flexibility index (Phi) is 8.28. The molecule has 1 rings (SSSR count). The third-order valence-electron chi connectivity index (χ3n) is 3.26. The molecule has 132 valence electrons. The molecule has 0 saturated heterocycles. The fourth-order valence-electron chi connectivity index (χ4n) is 1.92. The summed E-state index contributed by atoms with van der Waals surface area (Å²) in [5.74, 6) is -1.65. The first-order valence-electron chi connectivity index (χ1n) is 7.69. The number of carbonyl (C=O) groups excluding carboxylic acids is 2. The van der Waals surface area contributed by atoms with Crippen molar-refractivity contribution in [3.63, 3.8) is 0 Å². The molecule has 0 aliphatic heterocycles. The summed E-state index contributed by atoms with van der Waals surface area (Å²) in [7, 11) is 0. The molecule has 0 saturated carbocycles. The van der Waals surface area contributed by atoms with Crippen molar-refractivity contribution in [2.45, 2.75) is 38.3 Å². The van der Waals surface area contributed by atoms with Crippen LogP contribution in [0.15, 0.2) is 28.9 Å². The summed E-state index contributed by atoms with van der Waals surface area (Å²) in [6.45, 7) is 1.95. The highest BCUT2D eigenvalue weighted by Crippen LogP contribution is 2.03. The third-order valence-corrected chi connectivity index (χ3v) is 3.26. The fraction of sp³-hybridized carbons (Fsp3) is 0.438. The fourth-order valence-corrected chi connectivity index (χ4v) is 1.92. The summed E-state index contributed by atoms with van der Waals surface area (Å²) in [6.07, 6.45) is 5.75. The van der Waals surface area contributed by atoms with E-state index in [2.05, 4.69) is 10.6 Å². The van der Waals surface area contributed by atoms with Crippen LogP contribution in [0.25, 0.3) is 6.08 Å². The monoisotopic (exact) mass is 337 g/mol. The summed E-state index contributed by atoms with van der Waals surface area (Å²) >= 11 is 0. The Bertz CT molecular complexity index is 568. The van der Waals surface area contributed by atoms with Gasteiger partial charge < -0.3 is 25.9 Å². The van der Waals surface area contributed by atoms with Gasteiger partial charge in [-0.2, -0.15) is 0 Å². The van der Waals surface area contributed by atoms with Gasteiger partial charge in [0, 0.05) is 6.08 Å². The minimum Gasteiger partial charge on any atom is -0.480 e. The second-order valence-electron chi connectivity index (χ2n) is 5.26. The van der Waals surface area contributed by atoms with Crippen molar-refractivity contribution in [3.05, 3.63) is 30.2 Å². The number of furan rings is 1. The molecular weight excluding hydrogens is 314 g/mol. The zero-order chi connectivity index (χ0) is 17.9. The van der Waals surface area contributed by atoms with E-state index in [4.69, 9.17) is 15.3 Å². The lowest BCUT2D eigenvalue weighted by atomic mass is 10.1. The van der Waals surface area contributed by atoms with Gasteiger partial charge in [-0.15, -0.1) is 0 Å². The quantitative estimate of drug-likeness (QED) is 0.363. The van der Waals surface area contributed by atoms with Crippen molar-refractivity contribution < 1.29 is 23.9 Å². The molecule has 8 nitrogen and oxygen atoms in total. The molecule has 0 spiro atoms. The molecule has 2 amide bonds. The molecule has 0 aromatic carbocycles. The minimum atomic E-state index is -1.11. The Hall–Kier alpha value is -2.61. The Morgan fingerprint density at radius 3 is 2.67 bits per heavy atom. The topological polar surface area (TPSA) is 135 Å². The van der Waals surface area contributed by atoms with Gasteiger partial charge in [0.1, 0.15) is 17.8 Å². The van der Waals surface area contributed by atoms with Crippen LogP contribution in [0.3, 0.4) is 0 Å². The highest BCUT2D eigenvalue weighted by atomic mass is 16.4. The molecule has 0 radical (unpaired) electrons. The number of hydrogen-bond acceptors (Lipinski definition) is 5. The first-order chi connectivity index (χ1) is 11.4. The van der Waals surface area contributed by atoms with Crippen LogP contribution in [0.5, 0.6) is 0 Å². The largest absolute Gasteiger partial charge is 0.480 e. The van der Waals surface area contributed by atoms with Crippen LogP contribution in [0.4, 0.5) is 0 Å². The molecule has 0 bridgehead atoms. The molecule has 5 N–H and O–H groups in total. The van der Waals surface area contributed by atoms with Crippen molar-refractivity contribution >= 4 is 23.9 Å². The summed E-state index contributed by atoms with van der Waals surface area (Å²) in [6, 6.07) is 1.50. The molecule has 1 heterocycles. The van der Waals surface area contributed by atoms with Gasteiger partial charge in [-0.25, -0.2) is 4.79 Å². The zero-order valence-corrected chi connectivity index (χ0v) is 13.5. The van der Waals surface area contributed by atoms with Crippen LogP contribution in [-0.4, -0.2) is 41.5 Å². The normalized spacial score (nSPS) is 13.4. The highest BCUT2D eigenvalue weighted by Gasteiger charge is 2.23. The van der Waals surface area contributed by atoms with Gasteiger partial charge >= 0.3 is 5.97 Å². The Labute approximate surface area is 140 Å².